The van der Waals surface area contributed by atoms with Gasteiger partial charge in [0.15, 0.2) is 11.6 Å². The number of hydrogen-bond acceptors (Lipinski definition) is 5. The van der Waals surface area contributed by atoms with Crippen molar-refractivity contribution >= 4 is 22.6 Å². The third-order valence-corrected chi connectivity index (χ3v) is 5.56. The number of halogens is 1. The summed E-state index contributed by atoms with van der Waals surface area (Å²) in [5.41, 5.74) is 5.76. The first-order valence-corrected chi connectivity index (χ1v) is 9.02. The lowest BCUT2D eigenvalue weighted by Gasteiger charge is -2.24. The van der Waals surface area contributed by atoms with Crippen molar-refractivity contribution < 1.29 is 19.0 Å². The molecule has 7 nitrogen and oxygen atoms in total. The van der Waals surface area contributed by atoms with Crippen LogP contribution in [0.4, 0.5) is 10.1 Å². The van der Waals surface area contributed by atoms with Gasteiger partial charge >= 0.3 is 5.97 Å². The molecule has 0 radical (unpaired) electrons. The Morgan fingerprint density at radius 2 is 2.07 bits per heavy atom. The maximum absolute atomic E-state index is 15.1. The van der Waals surface area contributed by atoms with Gasteiger partial charge in [0.05, 0.1) is 18.0 Å². The number of nitrogens with two attached hydrogens (primary N) is 1. The van der Waals surface area contributed by atoms with Gasteiger partial charge in [-0.15, -0.1) is 0 Å². The van der Waals surface area contributed by atoms with E-state index in [1.54, 1.807) is 4.57 Å². The molecule has 1 saturated heterocycles. The molecule has 1 saturated carbocycles. The standard InChI is InChI=1S/C19H22FN3O4/c1-9-6-22(8-14(9)21)16-13(20)5-11-15(18(16)27-2)23(10-3-4-10)7-12(17(11)24)19(25)26/h5,7,9-10,14H,3-4,6,8,21H2,1-2H3,(H,25,26)/t9-,14+/m1/s1. The number of carboxylic acid groups (broad SMARTS) is 1. The van der Waals surface area contributed by atoms with Crippen LogP contribution in [-0.4, -0.2) is 41.9 Å². The predicted octanol–water partition coefficient (Wildman–Crippen LogP) is 1.97. The van der Waals surface area contributed by atoms with Crippen LogP contribution >= 0.6 is 0 Å². The summed E-state index contributed by atoms with van der Waals surface area (Å²) >= 11 is 0. The number of methoxy groups -OCH3 is 1. The second kappa shape index (κ2) is 6.23. The number of carboxylic acids is 1. The van der Waals surface area contributed by atoms with E-state index < -0.39 is 17.2 Å². The third-order valence-electron chi connectivity index (χ3n) is 5.56. The van der Waals surface area contributed by atoms with Crippen LogP contribution in [-0.2, 0) is 0 Å². The number of aromatic carboxylic acids is 1. The molecule has 0 amide bonds. The number of carbonyl (C=O) groups is 1. The highest BCUT2D eigenvalue weighted by Crippen LogP contribution is 2.44. The smallest absolute Gasteiger partial charge is 0.341 e. The first-order chi connectivity index (χ1) is 12.8. The molecule has 27 heavy (non-hydrogen) atoms. The molecule has 1 aliphatic carbocycles. The molecular weight excluding hydrogens is 353 g/mol. The SMILES string of the molecule is COc1c(N2C[C@@H](C)[C@@H](N)C2)c(F)cc2c(=O)c(C(=O)O)cn(C3CC3)c12. The van der Waals surface area contributed by atoms with Gasteiger partial charge in [-0.1, -0.05) is 6.92 Å². The van der Waals surface area contributed by atoms with Crippen molar-refractivity contribution in [1.29, 1.82) is 0 Å². The number of fused-ring (bicyclic) bond motifs is 1. The van der Waals surface area contributed by atoms with Gasteiger partial charge in [-0.3, -0.25) is 4.79 Å². The molecule has 8 heteroatoms. The van der Waals surface area contributed by atoms with Crippen molar-refractivity contribution in [3.8, 4) is 5.75 Å². The molecule has 2 heterocycles. The average Bonchev–Trinajstić information content (AvgIpc) is 3.40. The van der Waals surface area contributed by atoms with Crippen molar-refractivity contribution in [2.75, 3.05) is 25.1 Å². The van der Waals surface area contributed by atoms with Crippen LogP contribution in [0.2, 0.25) is 0 Å². The lowest BCUT2D eigenvalue weighted by Crippen LogP contribution is -2.29. The topological polar surface area (TPSA) is 97.8 Å². The molecule has 1 aromatic heterocycles. The number of benzene rings is 1. The zero-order chi connectivity index (χ0) is 19.5. The summed E-state index contributed by atoms with van der Waals surface area (Å²) in [6, 6.07) is 1.14. The third kappa shape index (κ3) is 2.75. The monoisotopic (exact) mass is 375 g/mol. The fourth-order valence-electron chi connectivity index (χ4n) is 3.90. The van der Waals surface area contributed by atoms with E-state index in [-0.39, 0.29) is 40.4 Å². The Morgan fingerprint density at radius 3 is 2.59 bits per heavy atom. The fraction of sp³-hybridized carbons (Fsp3) is 0.474. The second-order valence-corrected chi connectivity index (χ2v) is 7.50. The van der Waals surface area contributed by atoms with E-state index in [2.05, 4.69) is 0 Å². The minimum absolute atomic E-state index is 0.0245. The van der Waals surface area contributed by atoms with Crippen LogP contribution in [0.15, 0.2) is 17.1 Å². The summed E-state index contributed by atoms with van der Waals surface area (Å²) in [5.74, 6) is -1.47. The minimum Gasteiger partial charge on any atom is -0.492 e. The van der Waals surface area contributed by atoms with Crippen molar-refractivity contribution in [3.05, 3.63) is 33.9 Å². The molecule has 1 aromatic carbocycles. The minimum atomic E-state index is -1.32. The van der Waals surface area contributed by atoms with Crippen LogP contribution in [0.5, 0.6) is 5.75 Å². The Kier molecular flexibility index (Phi) is 4.10. The number of ether oxygens (including phenoxy) is 1. The molecular formula is C19H22FN3O4. The number of rotatable bonds is 4. The molecule has 2 fully saturated rings. The van der Waals surface area contributed by atoms with E-state index in [0.29, 0.717) is 18.6 Å². The zero-order valence-electron chi connectivity index (χ0n) is 15.2. The highest BCUT2D eigenvalue weighted by atomic mass is 19.1. The summed E-state index contributed by atoms with van der Waals surface area (Å²) in [6.45, 7) is 3.08. The van der Waals surface area contributed by atoms with Crippen LogP contribution in [0.1, 0.15) is 36.2 Å². The van der Waals surface area contributed by atoms with Crippen molar-refractivity contribution in [2.45, 2.75) is 31.8 Å². The summed E-state index contributed by atoms with van der Waals surface area (Å²) < 4.78 is 22.4. The van der Waals surface area contributed by atoms with Crippen molar-refractivity contribution in [1.82, 2.24) is 4.57 Å². The molecule has 2 atom stereocenters. The van der Waals surface area contributed by atoms with Crippen LogP contribution in [0.25, 0.3) is 10.9 Å². The molecule has 0 bridgehead atoms. The van der Waals surface area contributed by atoms with Crippen LogP contribution in [0.3, 0.4) is 0 Å². The Morgan fingerprint density at radius 1 is 1.37 bits per heavy atom. The molecule has 0 unspecified atom stereocenters. The van der Waals surface area contributed by atoms with Gasteiger partial charge in [-0.05, 0) is 24.8 Å². The molecule has 1 aliphatic heterocycles. The lowest BCUT2D eigenvalue weighted by molar-refractivity contribution is 0.0695. The number of pyridine rings is 1. The number of hydrogen-bond donors (Lipinski definition) is 2. The molecule has 0 spiro atoms. The summed E-state index contributed by atoms with van der Waals surface area (Å²) in [4.78, 5) is 26.0. The van der Waals surface area contributed by atoms with Gasteiger partial charge in [-0.25, -0.2) is 9.18 Å². The maximum Gasteiger partial charge on any atom is 0.341 e. The van der Waals surface area contributed by atoms with E-state index in [0.717, 1.165) is 18.9 Å². The highest BCUT2D eigenvalue weighted by molar-refractivity contribution is 5.97. The first kappa shape index (κ1) is 17.8. The van der Waals surface area contributed by atoms with Gasteiger partial charge in [0, 0.05) is 31.4 Å². The first-order valence-electron chi connectivity index (χ1n) is 9.02. The molecule has 3 N–H and O–H groups in total. The van der Waals surface area contributed by atoms with E-state index in [9.17, 15) is 14.7 Å². The lowest BCUT2D eigenvalue weighted by atomic mass is 10.1. The molecule has 2 aliphatic rings. The maximum atomic E-state index is 15.1. The Bertz CT molecular complexity index is 989. The summed E-state index contributed by atoms with van der Waals surface area (Å²) in [6.07, 6.45) is 3.10. The van der Waals surface area contributed by atoms with E-state index in [1.165, 1.54) is 13.3 Å². The molecule has 4 rings (SSSR count). The Balaban J connectivity index is 2.04. The van der Waals surface area contributed by atoms with E-state index in [4.69, 9.17) is 10.5 Å². The van der Waals surface area contributed by atoms with Gasteiger partial charge in [0.25, 0.3) is 0 Å². The average molecular weight is 375 g/mol. The molecule has 144 valence electrons. The fourth-order valence-corrected chi connectivity index (χ4v) is 3.90. The highest BCUT2D eigenvalue weighted by Gasteiger charge is 2.34. The molecule has 2 aromatic rings. The predicted molar refractivity (Wildman–Crippen MR) is 99.3 cm³/mol. The Labute approximate surface area is 155 Å². The van der Waals surface area contributed by atoms with Crippen LogP contribution < -0.4 is 20.8 Å². The van der Waals surface area contributed by atoms with Crippen LogP contribution in [0, 0.1) is 11.7 Å². The zero-order valence-corrected chi connectivity index (χ0v) is 15.2. The van der Waals surface area contributed by atoms with Gasteiger partial charge in [-0.2, -0.15) is 0 Å². The number of nitrogens with zero attached hydrogens (tertiary/aromatic N) is 2. The largest absolute Gasteiger partial charge is 0.492 e. The summed E-state index contributed by atoms with van der Waals surface area (Å²) in [5, 5.41) is 9.40. The summed E-state index contributed by atoms with van der Waals surface area (Å²) in [7, 11) is 1.43. The second-order valence-electron chi connectivity index (χ2n) is 7.50. The van der Waals surface area contributed by atoms with Gasteiger partial charge < -0.3 is 25.0 Å². The van der Waals surface area contributed by atoms with Gasteiger partial charge in [0.2, 0.25) is 5.43 Å². The van der Waals surface area contributed by atoms with Crippen molar-refractivity contribution in [3.63, 3.8) is 0 Å². The van der Waals surface area contributed by atoms with E-state index in [1.807, 2.05) is 11.8 Å². The van der Waals surface area contributed by atoms with E-state index >= 15 is 4.39 Å². The van der Waals surface area contributed by atoms with Gasteiger partial charge in [0.1, 0.15) is 11.3 Å². The quantitative estimate of drug-likeness (QED) is 0.848. The number of anilines is 1. The van der Waals surface area contributed by atoms with Crippen molar-refractivity contribution in [2.24, 2.45) is 11.7 Å². The number of aromatic nitrogens is 1. The Hall–Kier alpha value is -2.61. The normalized spacial score (nSPS) is 22.4.